The van der Waals surface area contributed by atoms with Gasteiger partial charge in [0.15, 0.2) is 4.90 Å². The van der Waals surface area contributed by atoms with Crippen LogP contribution in [0.25, 0.3) is 6.08 Å². The summed E-state index contributed by atoms with van der Waals surface area (Å²) in [4.78, 5) is 12.8. The van der Waals surface area contributed by atoms with Crippen molar-refractivity contribution in [2.45, 2.75) is 4.90 Å². The van der Waals surface area contributed by atoms with Gasteiger partial charge in [0.25, 0.3) is 0 Å². The Morgan fingerprint density at radius 3 is 2.21 bits per heavy atom. The van der Waals surface area contributed by atoms with Crippen molar-refractivity contribution in [1.82, 2.24) is 9.21 Å². The molecule has 2 aromatic carbocycles. The lowest BCUT2D eigenvalue weighted by Gasteiger charge is -2.33. The van der Waals surface area contributed by atoms with Gasteiger partial charge in [-0.15, -0.1) is 0 Å². The van der Waals surface area contributed by atoms with Gasteiger partial charge in [-0.2, -0.15) is 4.31 Å². The first-order chi connectivity index (χ1) is 13.3. The molecular formula is C19H17ClF2N2O3S. The van der Waals surface area contributed by atoms with E-state index in [-0.39, 0.29) is 32.1 Å². The molecule has 0 aliphatic carbocycles. The predicted molar refractivity (Wildman–Crippen MR) is 102 cm³/mol. The second-order valence-electron chi connectivity index (χ2n) is 6.17. The van der Waals surface area contributed by atoms with Crippen LogP contribution in [0, 0.1) is 11.6 Å². The van der Waals surface area contributed by atoms with Crippen LogP contribution in [-0.4, -0.2) is 49.7 Å². The minimum atomic E-state index is -4.32. The molecule has 1 aliphatic heterocycles. The molecule has 1 heterocycles. The maximum absolute atomic E-state index is 13.9. The maximum atomic E-state index is 13.9. The molecule has 2 aromatic rings. The van der Waals surface area contributed by atoms with Crippen LogP contribution in [0.15, 0.2) is 53.4 Å². The van der Waals surface area contributed by atoms with E-state index in [4.69, 9.17) is 11.6 Å². The third-order valence-electron chi connectivity index (χ3n) is 4.33. The predicted octanol–water partition coefficient (Wildman–Crippen LogP) is 3.16. The number of piperazine rings is 1. The van der Waals surface area contributed by atoms with Crippen molar-refractivity contribution in [1.29, 1.82) is 0 Å². The van der Waals surface area contributed by atoms with Crippen LogP contribution < -0.4 is 0 Å². The summed E-state index contributed by atoms with van der Waals surface area (Å²) >= 11 is 5.90. The van der Waals surface area contributed by atoms with Crippen molar-refractivity contribution in [2.75, 3.05) is 26.2 Å². The van der Waals surface area contributed by atoms with Gasteiger partial charge >= 0.3 is 0 Å². The van der Waals surface area contributed by atoms with Crippen LogP contribution in [0.1, 0.15) is 5.56 Å². The third-order valence-corrected chi connectivity index (χ3v) is 6.52. The Labute approximate surface area is 166 Å². The second kappa shape index (κ2) is 8.38. The van der Waals surface area contributed by atoms with Gasteiger partial charge in [0.2, 0.25) is 15.9 Å². The zero-order chi connectivity index (χ0) is 20.3. The zero-order valence-electron chi connectivity index (χ0n) is 14.7. The van der Waals surface area contributed by atoms with Gasteiger partial charge in [0.1, 0.15) is 11.6 Å². The summed E-state index contributed by atoms with van der Waals surface area (Å²) < 4.78 is 53.8. The normalized spacial score (nSPS) is 15.9. The first-order valence-corrected chi connectivity index (χ1v) is 10.3. The van der Waals surface area contributed by atoms with Gasteiger partial charge in [-0.25, -0.2) is 17.2 Å². The smallest absolute Gasteiger partial charge is 0.249 e. The van der Waals surface area contributed by atoms with Crippen LogP contribution in [0.5, 0.6) is 0 Å². The van der Waals surface area contributed by atoms with Gasteiger partial charge in [0, 0.05) is 37.3 Å². The van der Waals surface area contributed by atoms with Crippen LogP contribution in [0.4, 0.5) is 8.78 Å². The zero-order valence-corrected chi connectivity index (χ0v) is 16.3. The van der Waals surface area contributed by atoms with E-state index in [1.807, 2.05) is 0 Å². The highest BCUT2D eigenvalue weighted by Crippen LogP contribution is 2.23. The fraction of sp³-hybridized carbons (Fsp3) is 0.211. The minimum absolute atomic E-state index is 0.0488. The SMILES string of the molecule is O=C(/C=C/c1cccc(Cl)c1)N1CCN(S(=O)(=O)c2c(F)cccc2F)CC1. The number of halogens is 3. The quantitative estimate of drug-likeness (QED) is 0.706. The van der Waals surface area contributed by atoms with E-state index in [9.17, 15) is 22.0 Å². The number of nitrogens with zero attached hydrogens (tertiary/aromatic N) is 2. The molecule has 5 nitrogen and oxygen atoms in total. The molecule has 1 fully saturated rings. The average Bonchev–Trinajstić information content (AvgIpc) is 2.66. The molecule has 1 saturated heterocycles. The third kappa shape index (κ3) is 4.40. The van der Waals surface area contributed by atoms with E-state index in [0.717, 1.165) is 28.1 Å². The first kappa shape index (κ1) is 20.4. The molecule has 1 amide bonds. The molecule has 28 heavy (non-hydrogen) atoms. The van der Waals surface area contributed by atoms with E-state index in [1.165, 1.54) is 11.0 Å². The number of benzene rings is 2. The molecule has 1 aliphatic rings. The standard InChI is InChI=1S/C19H17ClF2N2O3S/c20-15-4-1-3-14(13-15)7-8-18(25)23-9-11-24(12-10-23)28(26,27)19-16(21)5-2-6-17(19)22/h1-8,13H,9-12H2/b8-7+. The summed E-state index contributed by atoms with van der Waals surface area (Å²) in [6.45, 7) is 0.141. The van der Waals surface area contributed by atoms with E-state index < -0.39 is 26.6 Å². The van der Waals surface area contributed by atoms with Crippen molar-refractivity contribution in [3.8, 4) is 0 Å². The average molecular weight is 427 g/mol. The summed E-state index contributed by atoms with van der Waals surface area (Å²) in [5.41, 5.74) is 0.761. The number of carbonyl (C=O) groups is 1. The highest BCUT2D eigenvalue weighted by molar-refractivity contribution is 7.89. The number of hydrogen-bond acceptors (Lipinski definition) is 3. The molecular weight excluding hydrogens is 410 g/mol. The van der Waals surface area contributed by atoms with Crippen molar-refractivity contribution in [3.63, 3.8) is 0 Å². The number of amides is 1. The Balaban J connectivity index is 1.66. The van der Waals surface area contributed by atoms with Crippen LogP contribution in [-0.2, 0) is 14.8 Å². The number of carbonyl (C=O) groups excluding carboxylic acids is 1. The van der Waals surface area contributed by atoms with E-state index in [0.29, 0.717) is 5.02 Å². The summed E-state index contributed by atoms with van der Waals surface area (Å²) in [6, 6.07) is 9.89. The molecule has 0 radical (unpaired) electrons. The van der Waals surface area contributed by atoms with Crippen LogP contribution in [0.3, 0.4) is 0 Å². The molecule has 0 saturated carbocycles. The Hall–Kier alpha value is -2.29. The molecule has 148 valence electrons. The molecule has 0 unspecified atom stereocenters. The van der Waals surface area contributed by atoms with Gasteiger partial charge in [-0.05, 0) is 35.9 Å². The van der Waals surface area contributed by atoms with E-state index in [1.54, 1.807) is 30.3 Å². The van der Waals surface area contributed by atoms with Gasteiger partial charge in [-0.1, -0.05) is 29.8 Å². The molecule has 9 heteroatoms. The van der Waals surface area contributed by atoms with Crippen molar-refractivity contribution < 1.29 is 22.0 Å². The maximum Gasteiger partial charge on any atom is 0.249 e. The van der Waals surface area contributed by atoms with E-state index in [2.05, 4.69) is 0 Å². The largest absolute Gasteiger partial charge is 0.337 e. The van der Waals surface area contributed by atoms with Gasteiger partial charge in [-0.3, -0.25) is 4.79 Å². The Kier molecular flexibility index (Phi) is 6.12. The fourth-order valence-electron chi connectivity index (χ4n) is 2.89. The lowest BCUT2D eigenvalue weighted by Crippen LogP contribution is -2.50. The monoisotopic (exact) mass is 426 g/mol. The number of hydrogen-bond donors (Lipinski definition) is 0. The lowest BCUT2D eigenvalue weighted by atomic mass is 10.2. The molecule has 0 spiro atoms. The molecule has 0 N–H and O–H groups in total. The summed E-state index contributed by atoms with van der Waals surface area (Å²) in [5, 5.41) is 0.550. The highest BCUT2D eigenvalue weighted by atomic mass is 35.5. The number of sulfonamides is 1. The van der Waals surface area contributed by atoms with Crippen molar-refractivity contribution in [3.05, 3.63) is 70.8 Å². The van der Waals surface area contributed by atoms with E-state index >= 15 is 0 Å². The molecule has 0 aromatic heterocycles. The highest BCUT2D eigenvalue weighted by Gasteiger charge is 2.33. The molecule has 0 bridgehead atoms. The second-order valence-corrected chi connectivity index (χ2v) is 8.48. The van der Waals surface area contributed by atoms with Crippen LogP contribution in [0.2, 0.25) is 5.02 Å². The Bertz CT molecular complexity index is 999. The topological polar surface area (TPSA) is 57.7 Å². The molecule has 3 rings (SSSR count). The first-order valence-electron chi connectivity index (χ1n) is 8.46. The Morgan fingerprint density at radius 1 is 1.00 bits per heavy atom. The van der Waals surface area contributed by atoms with Crippen molar-refractivity contribution >= 4 is 33.6 Å². The number of rotatable bonds is 4. The van der Waals surface area contributed by atoms with Crippen molar-refractivity contribution in [2.24, 2.45) is 0 Å². The van der Waals surface area contributed by atoms with Gasteiger partial charge < -0.3 is 4.90 Å². The molecule has 0 atom stereocenters. The minimum Gasteiger partial charge on any atom is -0.337 e. The lowest BCUT2D eigenvalue weighted by molar-refractivity contribution is -0.127. The summed E-state index contributed by atoms with van der Waals surface area (Å²) in [7, 11) is -4.32. The fourth-order valence-corrected chi connectivity index (χ4v) is 4.62. The summed E-state index contributed by atoms with van der Waals surface area (Å²) in [6.07, 6.45) is 3.00. The summed E-state index contributed by atoms with van der Waals surface area (Å²) in [5.74, 6) is -2.56. The van der Waals surface area contributed by atoms with Gasteiger partial charge in [0.05, 0.1) is 0 Å². The van der Waals surface area contributed by atoms with Crippen LogP contribution >= 0.6 is 11.6 Å². The Morgan fingerprint density at radius 2 is 1.61 bits per heavy atom.